The molecule has 86 valence electrons. The summed E-state index contributed by atoms with van der Waals surface area (Å²) in [6.07, 6.45) is 4.01. The zero-order chi connectivity index (χ0) is 11.1. The fourth-order valence-corrected chi connectivity index (χ4v) is 3.61. The van der Waals surface area contributed by atoms with Crippen molar-refractivity contribution in [1.82, 2.24) is 5.32 Å². The molecule has 1 aliphatic carbocycles. The highest BCUT2D eigenvalue weighted by molar-refractivity contribution is 5.68. The standard InChI is InChI=1S/C12H21NO2/c1-9-6-11(2,3)8-12(7-9)4-5-13-10(14)15-12/h9H,4-8H2,1-3H3,(H,13,14). The van der Waals surface area contributed by atoms with Crippen LogP contribution in [-0.2, 0) is 4.74 Å². The second kappa shape index (κ2) is 3.39. The first kappa shape index (κ1) is 10.8. The Labute approximate surface area is 91.6 Å². The summed E-state index contributed by atoms with van der Waals surface area (Å²) >= 11 is 0. The Hall–Kier alpha value is -0.730. The van der Waals surface area contributed by atoms with Gasteiger partial charge in [-0.2, -0.15) is 0 Å². The highest BCUT2D eigenvalue weighted by atomic mass is 16.6. The second-order valence-electron chi connectivity index (χ2n) is 6.10. The van der Waals surface area contributed by atoms with Crippen LogP contribution in [0.1, 0.15) is 46.5 Å². The van der Waals surface area contributed by atoms with E-state index in [1.807, 2.05) is 0 Å². The van der Waals surface area contributed by atoms with Crippen molar-refractivity contribution in [3.05, 3.63) is 0 Å². The molecule has 0 bridgehead atoms. The van der Waals surface area contributed by atoms with Crippen molar-refractivity contribution in [2.45, 2.75) is 52.1 Å². The molecule has 1 saturated carbocycles. The summed E-state index contributed by atoms with van der Waals surface area (Å²) in [5, 5.41) is 2.73. The summed E-state index contributed by atoms with van der Waals surface area (Å²) in [7, 11) is 0. The maximum Gasteiger partial charge on any atom is 0.407 e. The fourth-order valence-electron chi connectivity index (χ4n) is 3.61. The maximum atomic E-state index is 11.3. The summed E-state index contributed by atoms with van der Waals surface area (Å²) in [5.74, 6) is 0.652. The summed E-state index contributed by atoms with van der Waals surface area (Å²) in [6.45, 7) is 7.58. The van der Waals surface area contributed by atoms with Crippen LogP contribution in [0.25, 0.3) is 0 Å². The average Bonchev–Trinajstić information content (AvgIpc) is 1.97. The first-order valence-corrected chi connectivity index (χ1v) is 5.88. The molecule has 1 saturated heterocycles. The molecule has 1 heterocycles. The molecular weight excluding hydrogens is 190 g/mol. The van der Waals surface area contributed by atoms with Gasteiger partial charge in [-0.25, -0.2) is 4.79 Å². The van der Waals surface area contributed by atoms with Gasteiger partial charge in [0.15, 0.2) is 0 Å². The molecule has 0 radical (unpaired) electrons. The van der Waals surface area contributed by atoms with E-state index in [0.717, 1.165) is 25.8 Å². The van der Waals surface area contributed by atoms with Crippen LogP contribution in [-0.4, -0.2) is 18.2 Å². The third-order valence-corrected chi connectivity index (χ3v) is 3.58. The molecule has 1 aliphatic heterocycles. The number of nitrogens with one attached hydrogen (secondary N) is 1. The van der Waals surface area contributed by atoms with Crippen LogP contribution in [0.15, 0.2) is 0 Å². The van der Waals surface area contributed by atoms with Gasteiger partial charge in [0.05, 0.1) is 0 Å². The SMILES string of the molecule is CC1CC(C)(C)CC2(CCNC(=O)O2)C1. The number of alkyl carbamates (subject to hydrolysis) is 1. The highest BCUT2D eigenvalue weighted by Crippen LogP contribution is 2.47. The van der Waals surface area contributed by atoms with Crippen LogP contribution in [0.5, 0.6) is 0 Å². The van der Waals surface area contributed by atoms with E-state index in [-0.39, 0.29) is 11.7 Å². The van der Waals surface area contributed by atoms with Gasteiger partial charge in [-0.15, -0.1) is 0 Å². The molecule has 1 amide bonds. The Morgan fingerprint density at radius 3 is 2.73 bits per heavy atom. The predicted octanol–water partition coefficient (Wildman–Crippen LogP) is 2.70. The summed E-state index contributed by atoms with van der Waals surface area (Å²) < 4.78 is 5.57. The van der Waals surface area contributed by atoms with E-state index < -0.39 is 0 Å². The fraction of sp³-hybridized carbons (Fsp3) is 0.917. The molecule has 0 aromatic heterocycles. The van der Waals surface area contributed by atoms with E-state index in [0.29, 0.717) is 11.3 Å². The minimum atomic E-state index is -0.230. The molecule has 0 aromatic carbocycles. The molecule has 2 unspecified atom stereocenters. The quantitative estimate of drug-likeness (QED) is 0.669. The number of amides is 1. The van der Waals surface area contributed by atoms with E-state index in [9.17, 15) is 4.79 Å². The van der Waals surface area contributed by atoms with Gasteiger partial charge in [0.25, 0.3) is 0 Å². The third-order valence-electron chi connectivity index (χ3n) is 3.58. The second-order valence-corrected chi connectivity index (χ2v) is 6.10. The van der Waals surface area contributed by atoms with Crippen molar-refractivity contribution >= 4 is 6.09 Å². The summed E-state index contributed by atoms with van der Waals surface area (Å²) in [6, 6.07) is 0. The number of hydrogen-bond acceptors (Lipinski definition) is 2. The van der Waals surface area contributed by atoms with E-state index in [1.54, 1.807) is 0 Å². The van der Waals surface area contributed by atoms with Crippen molar-refractivity contribution in [3.8, 4) is 0 Å². The van der Waals surface area contributed by atoms with Crippen molar-refractivity contribution in [1.29, 1.82) is 0 Å². The van der Waals surface area contributed by atoms with Crippen LogP contribution < -0.4 is 5.32 Å². The third kappa shape index (κ3) is 2.27. The van der Waals surface area contributed by atoms with Gasteiger partial charge in [-0.3, -0.25) is 0 Å². The minimum Gasteiger partial charge on any atom is -0.443 e. The molecule has 15 heavy (non-hydrogen) atoms. The van der Waals surface area contributed by atoms with Crippen LogP contribution in [0, 0.1) is 11.3 Å². The molecule has 2 fully saturated rings. The summed E-state index contributed by atoms with van der Waals surface area (Å²) in [5.41, 5.74) is 0.124. The largest absolute Gasteiger partial charge is 0.443 e. The Balaban J connectivity index is 2.16. The van der Waals surface area contributed by atoms with Crippen LogP contribution in [0.4, 0.5) is 4.79 Å². The van der Waals surface area contributed by atoms with Gasteiger partial charge in [0.1, 0.15) is 5.60 Å². The van der Waals surface area contributed by atoms with Gasteiger partial charge in [0.2, 0.25) is 0 Å². The number of hydrogen-bond donors (Lipinski definition) is 1. The van der Waals surface area contributed by atoms with E-state index in [4.69, 9.17) is 4.74 Å². The molecule has 0 aromatic rings. The van der Waals surface area contributed by atoms with Gasteiger partial charge in [-0.05, 0) is 30.6 Å². The lowest BCUT2D eigenvalue weighted by Crippen LogP contribution is -2.52. The van der Waals surface area contributed by atoms with Crippen LogP contribution in [0.3, 0.4) is 0 Å². The van der Waals surface area contributed by atoms with Crippen molar-refractivity contribution < 1.29 is 9.53 Å². The lowest BCUT2D eigenvalue weighted by atomic mass is 9.64. The Bertz CT molecular complexity index is 275. The Morgan fingerprint density at radius 1 is 1.40 bits per heavy atom. The van der Waals surface area contributed by atoms with E-state index in [2.05, 4.69) is 26.1 Å². The van der Waals surface area contributed by atoms with Crippen molar-refractivity contribution in [2.75, 3.05) is 6.54 Å². The Kier molecular flexibility index (Phi) is 2.44. The number of carbonyl (C=O) groups excluding carboxylic acids is 1. The zero-order valence-corrected chi connectivity index (χ0v) is 9.93. The molecule has 1 spiro atoms. The first-order valence-electron chi connectivity index (χ1n) is 5.88. The molecule has 2 atom stereocenters. The van der Waals surface area contributed by atoms with Crippen molar-refractivity contribution in [3.63, 3.8) is 0 Å². The molecule has 3 heteroatoms. The van der Waals surface area contributed by atoms with Gasteiger partial charge >= 0.3 is 6.09 Å². The molecule has 2 rings (SSSR count). The highest BCUT2D eigenvalue weighted by Gasteiger charge is 2.46. The lowest BCUT2D eigenvalue weighted by Gasteiger charge is -2.48. The molecule has 2 aliphatic rings. The number of ether oxygens (including phenoxy) is 1. The Morgan fingerprint density at radius 2 is 2.13 bits per heavy atom. The van der Waals surface area contributed by atoms with E-state index in [1.165, 1.54) is 6.42 Å². The van der Waals surface area contributed by atoms with Crippen LogP contribution >= 0.6 is 0 Å². The van der Waals surface area contributed by atoms with Gasteiger partial charge in [-0.1, -0.05) is 20.8 Å². The predicted molar refractivity (Wildman–Crippen MR) is 58.6 cm³/mol. The molecule has 3 nitrogen and oxygen atoms in total. The first-order chi connectivity index (χ1) is 6.91. The van der Waals surface area contributed by atoms with E-state index >= 15 is 0 Å². The smallest absolute Gasteiger partial charge is 0.407 e. The summed E-state index contributed by atoms with van der Waals surface area (Å²) in [4.78, 5) is 11.3. The number of rotatable bonds is 0. The molecule has 1 N–H and O–H groups in total. The van der Waals surface area contributed by atoms with Gasteiger partial charge in [0, 0.05) is 13.0 Å². The van der Waals surface area contributed by atoms with Gasteiger partial charge < -0.3 is 10.1 Å². The number of carbonyl (C=O) groups is 1. The topological polar surface area (TPSA) is 38.3 Å². The lowest BCUT2D eigenvalue weighted by molar-refractivity contribution is -0.0834. The monoisotopic (exact) mass is 211 g/mol. The normalized spacial score (nSPS) is 39.7. The maximum absolute atomic E-state index is 11.3. The average molecular weight is 211 g/mol. The minimum absolute atomic E-state index is 0.177. The van der Waals surface area contributed by atoms with Crippen molar-refractivity contribution in [2.24, 2.45) is 11.3 Å². The molecular formula is C12H21NO2. The van der Waals surface area contributed by atoms with Crippen LogP contribution in [0.2, 0.25) is 0 Å². The zero-order valence-electron chi connectivity index (χ0n) is 9.93.